The van der Waals surface area contributed by atoms with Gasteiger partial charge < -0.3 is 15.4 Å². The molecule has 33 heavy (non-hydrogen) atoms. The van der Waals surface area contributed by atoms with E-state index in [0.29, 0.717) is 18.0 Å². The zero-order chi connectivity index (χ0) is 24.2. The Morgan fingerprint density at radius 3 is 2.36 bits per heavy atom. The van der Waals surface area contributed by atoms with Gasteiger partial charge in [-0.1, -0.05) is 24.3 Å². The maximum atomic E-state index is 13.6. The first-order valence-corrected chi connectivity index (χ1v) is 10.6. The number of carbonyl (C=O) groups is 2. The second-order valence-corrected chi connectivity index (χ2v) is 8.74. The average Bonchev–Trinajstić information content (AvgIpc) is 3.03. The van der Waals surface area contributed by atoms with E-state index in [1.165, 1.54) is 29.2 Å². The van der Waals surface area contributed by atoms with E-state index < -0.39 is 34.6 Å². The van der Waals surface area contributed by atoms with Crippen molar-refractivity contribution >= 4 is 23.2 Å². The summed E-state index contributed by atoms with van der Waals surface area (Å²) in [7, 11) is 0. The van der Waals surface area contributed by atoms with Crippen molar-refractivity contribution in [2.75, 3.05) is 11.4 Å². The molecule has 0 bridgehead atoms. The van der Waals surface area contributed by atoms with Gasteiger partial charge in [-0.05, 0) is 45.0 Å². The molecule has 1 saturated heterocycles. The van der Waals surface area contributed by atoms with Crippen LogP contribution in [0.25, 0.3) is 0 Å². The van der Waals surface area contributed by atoms with Gasteiger partial charge in [0.05, 0.1) is 11.0 Å². The molecule has 1 fully saturated rings. The maximum Gasteiger partial charge on any atom is 0.270 e. The SMILES string of the molecule is C=CCN[C@H]1[C@@H](C(=O)NC(C)(C)C)N(c2ccc([N+](=O)[O-])cc2)C(=O)[C@@H]1Oc1ccccc1. The summed E-state index contributed by atoms with van der Waals surface area (Å²) in [4.78, 5) is 38.9. The summed E-state index contributed by atoms with van der Waals surface area (Å²) in [5.74, 6) is -0.306. The number of benzene rings is 2. The number of hydrogen-bond donors (Lipinski definition) is 2. The lowest BCUT2D eigenvalue weighted by Crippen LogP contribution is -2.57. The molecule has 9 heteroatoms. The third-order valence-electron chi connectivity index (χ3n) is 5.03. The smallest absolute Gasteiger partial charge is 0.270 e. The molecule has 1 aliphatic heterocycles. The molecular weight excluding hydrogens is 424 g/mol. The number of para-hydroxylation sites is 1. The molecule has 0 saturated carbocycles. The summed E-state index contributed by atoms with van der Waals surface area (Å²) in [5.41, 5.74) is -0.286. The second kappa shape index (κ2) is 9.83. The molecule has 174 valence electrons. The number of ether oxygens (including phenoxy) is 1. The molecule has 2 N–H and O–H groups in total. The van der Waals surface area contributed by atoms with Crippen LogP contribution in [0.5, 0.6) is 5.75 Å². The minimum absolute atomic E-state index is 0.112. The Morgan fingerprint density at radius 1 is 1.18 bits per heavy atom. The van der Waals surface area contributed by atoms with E-state index in [9.17, 15) is 19.7 Å². The fraction of sp³-hybridized carbons (Fsp3) is 0.333. The molecule has 0 unspecified atom stereocenters. The fourth-order valence-corrected chi connectivity index (χ4v) is 3.71. The number of amides is 2. The number of carbonyl (C=O) groups excluding carboxylic acids is 2. The third-order valence-corrected chi connectivity index (χ3v) is 5.03. The third kappa shape index (κ3) is 5.56. The van der Waals surface area contributed by atoms with Crippen LogP contribution >= 0.6 is 0 Å². The highest BCUT2D eigenvalue weighted by atomic mass is 16.6. The minimum Gasteiger partial charge on any atom is -0.479 e. The van der Waals surface area contributed by atoms with Gasteiger partial charge in [-0.3, -0.25) is 24.6 Å². The van der Waals surface area contributed by atoms with Crippen LogP contribution in [0.1, 0.15) is 20.8 Å². The van der Waals surface area contributed by atoms with Crippen molar-refractivity contribution in [2.24, 2.45) is 0 Å². The molecule has 0 radical (unpaired) electrons. The Hall–Kier alpha value is -3.72. The van der Waals surface area contributed by atoms with Crippen LogP contribution in [0.15, 0.2) is 67.3 Å². The molecule has 0 spiro atoms. The number of anilines is 1. The largest absolute Gasteiger partial charge is 0.479 e. The highest BCUT2D eigenvalue weighted by Crippen LogP contribution is 2.32. The summed E-state index contributed by atoms with van der Waals surface area (Å²) >= 11 is 0. The van der Waals surface area contributed by atoms with Crippen molar-refractivity contribution in [2.45, 2.75) is 44.5 Å². The zero-order valence-electron chi connectivity index (χ0n) is 18.9. The molecule has 3 rings (SSSR count). The van der Waals surface area contributed by atoms with Gasteiger partial charge in [-0.2, -0.15) is 0 Å². The summed E-state index contributed by atoms with van der Waals surface area (Å²) < 4.78 is 6.05. The normalized spacial score (nSPS) is 20.4. The van der Waals surface area contributed by atoms with Crippen LogP contribution in [-0.4, -0.2) is 47.0 Å². The highest BCUT2D eigenvalue weighted by molar-refractivity contribution is 6.08. The van der Waals surface area contributed by atoms with E-state index in [4.69, 9.17) is 4.74 Å². The van der Waals surface area contributed by atoms with Gasteiger partial charge in [0.15, 0.2) is 6.10 Å². The number of nitrogens with zero attached hydrogens (tertiary/aromatic N) is 2. The van der Waals surface area contributed by atoms with Crippen molar-refractivity contribution < 1.29 is 19.2 Å². The van der Waals surface area contributed by atoms with Gasteiger partial charge >= 0.3 is 0 Å². The van der Waals surface area contributed by atoms with Crippen molar-refractivity contribution in [3.05, 3.63) is 77.4 Å². The Balaban J connectivity index is 2.05. The molecule has 1 heterocycles. The van der Waals surface area contributed by atoms with E-state index in [1.54, 1.807) is 30.3 Å². The van der Waals surface area contributed by atoms with Crippen molar-refractivity contribution in [3.63, 3.8) is 0 Å². The molecule has 2 aromatic rings. The first-order chi connectivity index (χ1) is 15.6. The highest BCUT2D eigenvalue weighted by Gasteiger charge is 2.53. The van der Waals surface area contributed by atoms with Crippen LogP contribution in [0.3, 0.4) is 0 Å². The fourth-order valence-electron chi connectivity index (χ4n) is 3.71. The summed E-state index contributed by atoms with van der Waals surface area (Å²) in [6.07, 6.45) is 0.635. The molecule has 2 aromatic carbocycles. The number of nitrogens with one attached hydrogen (secondary N) is 2. The number of rotatable bonds is 8. The first-order valence-electron chi connectivity index (χ1n) is 10.6. The van der Waals surface area contributed by atoms with Crippen LogP contribution in [-0.2, 0) is 9.59 Å². The quantitative estimate of drug-likeness (QED) is 0.362. The minimum atomic E-state index is -1.00. The maximum absolute atomic E-state index is 13.6. The van der Waals surface area contributed by atoms with E-state index in [2.05, 4.69) is 17.2 Å². The standard InChI is InChI=1S/C24H28N4O5/c1-5-15-25-19-20(22(29)26-24(2,3)4)27(16-11-13-17(14-12-16)28(31)32)23(30)21(19)33-18-9-7-6-8-10-18/h5-14,19-21,25H,1,15H2,2-4H3,(H,26,29)/t19-,20-,21+/m0/s1. The van der Waals surface area contributed by atoms with Gasteiger partial charge in [0.2, 0.25) is 5.91 Å². The van der Waals surface area contributed by atoms with Crippen LogP contribution < -0.4 is 20.3 Å². The zero-order valence-corrected chi connectivity index (χ0v) is 18.9. The van der Waals surface area contributed by atoms with Crippen LogP contribution in [0, 0.1) is 10.1 Å². The van der Waals surface area contributed by atoms with Gasteiger partial charge in [-0.15, -0.1) is 6.58 Å². The summed E-state index contributed by atoms with van der Waals surface area (Å²) in [6.45, 7) is 9.61. The lowest BCUT2D eigenvalue weighted by molar-refractivity contribution is -0.384. The van der Waals surface area contributed by atoms with Gasteiger partial charge in [0.1, 0.15) is 11.8 Å². The number of non-ortho nitro benzene ring substituents is 1. The van der Waals surface area contributed by atoms with E-state index >= 15 is 0 Å². The molecule has 9 nitrogen and oxygen atoms in total. The van der Waals surface area contributed by atoms with Crippen molar-refractivity contribution in [1.82, 2.24) is 10.6 Å². The molecule has 0 aliphatic carbocycles. The molecule has 2 amide bonds. The van der Waals surface area contributed by atoms with E-state index in [0.717, 1.165) is 0 Å². The Kier molecular flexibility index (Phi) is 7.13. The van der Waals surface area contributed by atoms with Gasteiger partial charge in [0, 0.05) is 29.9 Å². The number of nitro groups is 1. The molecule has 3 atom stereocenters. The summed E-state index contributed by atoms with van der Waals surface area (Å²) in [6, 6.07) is 12.8. The van der Waals surface area contributed by atoms with Gasteiger partial charge in [-0.25, -0.2) is 0 Å². The lowest BCUT2D eigenvalue weighted by atomic mass is 10.0. The predicted octanol–water partition coefficient (Wildman–Crippen LogP) is 2.82. The Labute approximate surface area is 192 Å². The summed E-state index contributed by atoms with van der Waals surface area (Å²) in [5, 5.41) is 17.2. The predicted molar refractivity (Wildman–Crippen MR) is 125 cm³/mol. The second-order valence-electron chi connectivity index (χ2n) is 8.74. The average molecular weight is 453 g/mol. The van der Waals surface area contributed by atoms with Crippen LogP contribution in [0.4, 0.5) is 11.4 Å². The van der Waals surface area contributed by atoms with Crippen molar-refractivity contribution in [1.29, 1.82) is 0 Å². The number of hydrogen-bond acceptors (Lipinski definition) is 6. The topological polar surface area (TPSA) is 114 Å². The van der Waals surface area contributed by atoms with Gasteiger partial charge in [0.25, 0.3) is 11.6 Å². The van der Waals surface area contributed by atoms with Crippen LogP contribution in [0.2, 0.25) is 0 Å². The lowest BCUT2D eigenvalue weighted by Gasteiger charge is -2.31. The first kappa shape index (κ1) is 23.9. The Morgan fingerprint density at radius 2 is 1.82 bits per heavy atom. The van der Waals surface area contributed by atoms with Crippen molar-refractivity contribution in [3.8, 4) is 5.75 Å². The monoisotopic (exact) mass is 452 g/mol. The Bertz CT molecular complexity index is 1020. The van der Waals surface area contributed by atoms with E-state index in [-0.39, 0.29) is 11.6 Å². The van der Waals surface area contributed by atoms with E-state index in [1.807, 2.05) is 26.8 Å². The number of nitro benzene ring substituents is 1. The molecule has 0 aromatic heterocycles. The molecule has 1 aliphatic rings. The molecular formula is C24H28N4O5.